The van der Waals surface area contributed by atoms with E-state index in [1.807, 2.05) is 13.1 Å². The van der Waals surface area contributed by atoms with Crippen molar-refractivity contribution in [3.63, 3.8) is 0 Å². The molecule has 1 aliphatic heterocycles. The number of methoxy groups -OCH3 is 1. The van der Waals surface area contributed by atoms with Crippen LogP contribution >= 0.6 is 0 Å². The summed E-state index contributed by atoms with van der Waals surface area (Å²) in [4.78, 5) is 0. The van der Waals surface area contributed by atoms with Gasteiger partial charge in [0.15, 0.2) is 0 Å². The van der Waals surface area contributed by atoms with E-state index in [0.29, 0.717) is 25.4 Å². The van der Waals surface area contributed by atoms with E-state index in [0.717, 1.165) is 11.1 Å². The first kappa shape index (κ1) is 11.4. The molecule has 0 amide bonds. The van der Waals surface area contributed by atoms with Crippen LogP contribution in [0.2, 0.25) is 0 Å². The summed E-state index contributed by atoms with van der Waals surface area (Å²) >= 11 is 0. The Morgan fingerprint density at radius 1 is 1.50 bits per heavy atom. The summed E-state index contributed by atoms with van der Waals surface area (Å²) < 4.78 is 24.4. The van der Waals surface area contributed by atoms with Crippen molar-refractivity contribution in [1.29, 1.82) is 0 Å². The molecule has 0 bridgehead atoms. The van der Waals surface area contributed by atoms with Crippen LogP contribution in [0.1, 0.15) is 17.2 Å². The lowest BCUT2D eigenvalue weighted by Crippen LogP contribution is -2.21. The molecule has 1 atom stereocenters. The summed E-state index contributed by atoms with van der Waals surface area (Å²) in [5, 5.41) is 3.13. The maximum Gasteiger partial charge on any atom is 0.130 e. The van der Waals surface area contributed by atoms with Crippen molar-refractivity contribution in [3.05, 3.63) is 29.1 Å². The molecule has 1 aromatic carbocycles. The number of benzene rings is 1. The average molecular weight is 225 g/mol. The molecule has 0 saturated heterocycles. The minimum absolute atomic E-state index is 0.0297. The SMILES string of the molecule is CNC1COCCc2c(F)cc(OC)cc21. The fourth-order valence-electron chi connectivity index (χ4n) is 2.03. The van der Waals surface area contributed by atoms with Crippen LogP contribution in [0.3, 0.4) is 0 Å². The second kappa shape index (κ2) is 4.80. The van der Waals surface area contributed by atoms with Gasteiger partial charge >= 0.3 is 0 Å². The first-order chi connectivity index (χ1) is 7.76. The van der Waals surface area contributed by atoms with Crippen LogP contribution in [0.4, 0.5) is 4.39 Å². The maximum atomic E-state index is 13.8. The zero-order valence-electron chi connectivity index (χ0n) is 9.55. The number of halogens is 1. The summed E-state index contributed by atoms with van der Waals surface area (Å²) in [6, 6.07) is 3.34. The molecule has 0 spiro atoms. The van der Waals surface area contributed by atoms with Gasteiger partial charge in [-0.3, -0.25) is 0 Å². The smallest absolute Gasteiger partial charge is 0.130 e. The average Bonchev–Trinajstić information content (AvgIpc) is 2.51. The molecule has 16 heavy (non-hydrogen) atoms. The maximum absolute atomic E-state index is 13.8. The molecule has 1 aromatic rings. The predicted molar refractivity (Wildman–Crippen MR) is 59.3 cm³/mol. The molecule has 0 saturated carbocycles. The Bertz CT molecular complexity index is 382. The van der Waals surface area contributed by atoms with Gasteiger partial charge in [0.05, 0.1) is 26.4 Å². The quantitative estimate of drug-likeness (QED) is 0.830. The summed E-state index contributed by atoms with van der Waals surface area (Å²) in [6.07, 6.45) is 0.614. The molecular formula is C12H16FNO2. The normalized spacial score (nSPS) is 20.1. The van der Waals surface area contributed by atoms with Gasteiger partial charge in [-0.05, 0) is 30.7 Å². The van der Waals surface area contributed by atoms with E-state index < -0.39 is 0 Å². The highest BCUT2D eigenvalue weighted by Gasteiger charge is 2.21. The van der Waals surface area contributed by atoms with Crippen molar-refractivity contribution < 1.29 is 13.9 Å². The number of hydrogen-bond donors (Lipinski definition) is 1. The fraction of sp³-hybridized carbons (Fsp3) is 0.500. The molecule has 88 valence electrons. The third-order valence-corrected chi connectivity index (χ3v) is 2.94. The first-order valence-corrected chi connectivity index (χ1v) is 5.37. The van der Waals surface area contributed by atoms with Gasteiger partial charge in [-0.25, -0.2) is 4.39 Å². The van der Waals surface area contributed by atoms with Gasteiger partial charge < -0.3 is 14.8 Å². The Labute approximate surface area is 94.6 Å². The molecule has 0 aromatic heterocycles. The van der Waals surface area contributed by atoms with Crippen molar-refractivity contribution in [2.24, 2.45) is 0 Å². The Kier molecular flexibility index (Phi) is 3.41. The highest BCUT2D eigenvalue weighted by Crippen LogP contribution is 2.29. The zero-order valence-corrected chi connectivity index (χ0v) is 9.55. The first-order valence-electron chi connectivity index (χ1n) is 5.37. The molecule has 1 aliphatic rings. The Morgan fingerprint density at radius 3 is 3.00 bits per heavy atom. The molecule has 1 unspecified atom stereocenters. The van der Waals surface area contributed by atoms with Crippen molar-refractivity contribution in [2.75, 3.05) is 27.4 Å². The summed E-state index contributed by atoms with van der Waals surface area (Å²) in [5.41, 5.74) is 1.68. The van der Waals surface area contributed by atoms with Crippen LogP contribution < -0.4 is 10.1 Å². The molecule has 4 heteroatoms. The van der Waals surface area contributed by atoms with Gasteiger partial charge in [0.2, 0.25) is 0 Å². The lowest BCUT2D eigenvalue weighted by molar-refractivity contribution is 0.123. The highest BCUT2D eigenvalue weighted by molar-refractivity contribution is 5.39. The molecule has 1 heterocycles. The number of rotatable bonds is 2. The van der Waals surface area contributed by atoms with Crippen LogP contribution in [0.25, 0.3) is 0 Å². The van der Waals surface area contributed by atoms with Gasteiger partial charge in [0, 0.05) is 6.07 Å². The van der Waals surface area contributed by atoms with Crippen LogP contribution in [0.15, 0.2) is 12.1 Å². The largest absolute Gasteiger partial charge is 0.497 e. The number of nitrogens with one attached hydrogen (secondary N) is 1. The minimum atomic E-state index is -0.208. The lowest BCUT2D eigenvalue weighted by Gasteiger charge is -2.17. The van der Waals surface area contributed by atoms with Crippen LogP contribution in [0.5, 0.6) is 5.75 Å². The Balaban J connectivity index is 2.49. The van der Waals surface area contributed by atoms with E-state index >= 15 is 0 Å². The van der Waals surface area contributed by atoms with Gasteiger partial charge in [-0.15, -0.1) is 0 Å². The number of fused-ring (bicyclic) bond motifs is 1. The number of hydrogen-bond acceptors (Lipinski definition) is 3. The minimum Gasteiger partial charge on any atom is -0.497 e. The van der Waals surface area contributed by atoms with Crippen molar-refractivity contribution in [1.82, 2.24) is 5.32 Å². The second-order valence-corrected chi connectivity index (χ2v) is 3.84. The molecule has 0 aliphatic carbocycles. The van der Waals surface area contributed by atoms with E-state index in [9.17, 15) is 4.39 Å². The van der Waals surface area contributed by atoms with Crippen molar-refractivity contribution in [3.8, 4) is 5.75 Å². The van der Waals surface area contributed by atoms with E-state index in [1.54, 1.807) is 7.11 Å². The van der Waals surface area contributed by atoms with Crippen LogP contribution in [-0.4, -0.2) is 27.4 Å². The van der Waals surface area contributed by atoms with Gasteiger partial charge in [-0.1, -0.05) is 0 Å². The van der Waals surface area contributed by atoms with Gasteiger partial charge in [-0.2, -0.15) is 0 Å². The van der Waals surface area contributed by atoms with E-state index in [1.165, 1.54) is 6.07 Å². The van der Waals surface area contributed by atoms with Gasteiger partial charge in [0.1, 0.15) is 11.6 Å². The second-order valence-electron chi connectivity index (χ2n) is 3.84. The summed E-state index contributed by atoms with van der Waals surface area (Å²) in [7, 11) is 3.39. The topological polar surface area (TPSA) is 30.5 Å². The Morgan fingerprint density at radius 2 is 2.31 bits per heavy atom. The summed E-state index contributed by atoms with van der Waals surface area (Å²) in [5.74, 6) is 0.346. The highest BCUT2D eigenvalue weighted by atomic mass is 19.1. The molecule has 0 radical (unpaired) electrons. The van der Waals surface area contributed by atoms with Crippen LogP contribution in [-0.2, 0) is 11.2 Å². The monoisotopic (exact) mass is 225 g/mol. The molecule has 0 fully saturated rings. The third kappa shape index (κ3) is 2.03. The molecule has 1 N–H and O–H groups in total. The predicted octanol–water partition coefficient (Wildman–Crippen LogP) is 1.67. The zero-order chi connectivity index (χ0) is 11.5. The number of ether oxygens (including phenoxy) is 2. The summed E-state index contributed by atoms with van der Waals surface area (Å²) in [6.45, 7) is 1.13. The molecule has 2 rings (SSSR count). The fourth-order valence-corrected chi connectivity index (χ4v) is 2.03. The molecular weight excluding hydrogens is 209 g/mol. The number of likely N-dealkylation sites (N-methyl/N-ethyl adjacent to an activating group) is 1. The molecule has 3 nitrogen and oxygen atoms in total. The Hall–Kier alpha value is -1.13. The van der Waals surface area contributed by atoms with E-state index in [2.05, 4.69) is 5.32 Å². The van der Waals surface area contributed by atoms with Crippen molar-refractivity contribution >= 4 is 0 Å². The van der Waals surface area contributed by atoms with Crippen molar-refractivity contribution in [2.45, 2.75) is 12.5 Å². The van der Waals surface area contributed by atoms with E-state index in [4.69, 9.17) is 9.47 Å². The van der Waals surface area contributed by atoms with Gasteiger partial charge in [0.25, 0.3) is 0 Å². The lowest BCUT2D eigenvalue weighted by atomic mass is 9.98. The van der Waals surface area contributed by atoms with Crippen LogP contribution in [0, 0.1) is 5.82 Å². The third-order valence-electron chi connectivity index (χ3n) is 2.94. The standard InChI is InChI=1S/C12H16FNO2/c1-14-12-7-16-4-3-9-10(12)5-8(15-2)6-11(9)13/h5-6,12,14H,3-4,7H2,1-2H3. The van der Waals surface area contributed by atoms with E-state index in [-0.39, 0.29) is 11.9 Å².